The van der Waals surface area contributed by atoms with Crippen molar-refractivity contribution in [3.8, 4) is 0 Å². The maximum absolute atomic E-state index is 7.75. The Morgan fingerprint density at radius 3 is 1.60 bits per heavy atom. The van der Waals surface area contributed by atoms with Crippen molar-refractivity contribution < 1.29 is 0 Å². The first-order chi connectivity index (χ1) is 6.77. The molecule has 0 fully saturated rings. The van der Waals surface area contributed by atoms with Crippen LogP contribution >= 0.6 is 25.3 Å². The Hall–Kier alpha value is -0.480. The van der Waals surface area contributed by atoms with Crippen molar-refractivity contribution in [3.05, 3.63) is 21.0 Å². The molecule has 0 aromatic carbocycles. The van der Waals surface area contributed by atoms with Gasteiger partial charge in [-0.25, -0.2) is 4.99 Å². The fourth-order valence-corrected chi connectivity index (χ4v) is 1.04. The van der Waals surface area contributed by atoms with E-state index < -0.39 is 0 Å². The third kappa shape index (κ3) is 4.71. The van der Waals surface area contributed by atoms with Gasteiger partial charge in [-0.05, 0) is 50.0 Å². The molecule has 0 amide bonds. The Kier molecular flexibility index (Phi) is 5.98. The van der Waals surface area contributed by atoms with Crippen LogP contribution in [0.15, 0.2) is 25.9 Å². The monoisotopic (exact) mass is 242 g/mol. The van der Waals surface area contributed by atoms with Gasteiger partial charge in [0.1, 0.15) is 5.84 Å². The second-order valence-electron chi connectivity index (χ2n) is 3.47. The molecule has 2 nitrogen and oxygen atoms in total. The highest BCUT2D eigenvalue weighted by molar-refractivity contribution is 7.84. The summed E-state index contributed by atoms with van der Waals surface area (Å²) >= 11 is 8.44. The fourth-order valence-electron chi connectivity index (χ4n) is 0.769. The van der Waals surface area contributed by atoms with E-state index in [1.54, 1.807) is 0 Å². The Bertz CT molecular complexity index is 355. The van der Waals surface area contributed by atoms with E-state index in [1.807, 2.05) is 34.6 Å². The number of nitrogens with zero attached hydrogens (tertiary/aromatic N) is 1. The second-order valence-corrected chi connectivity index (χ2v) is 4.81. The summed E-state index contributed by atoms with van der Waals surface area (Å²) < 4.78 is 0. The highest BCUT2D eigenvalue weighted by Crippen LogP contribution is 2.12. The summed E-state index contributed by atoms with van der Waals surface area (Å²) in [5.41, 5.74) is 2.62. The number of hydrogen-bond donors (Lipinski definition) is 3. The first-order valence-electron chi connectivity index (χ1n) is 4.64. The highest BCUT2D eigenvalue weighted by Gasteiger charge is 2.03. The van der Waals surface area contributed by atoms with E-state index in [4.69, 9.17) is 5.41 Å². The van der Waals surface area contributed by atoms with Crippen molar-refractivity contribution in [2.75, 3.05) is 0 Å². The molecule has 0 atom stereocenters. The molecule has 0 saturated heterocycles. The Labute approximate surface area is 103 Å². The van der Waals surface area contributed by atoms with Gasteiger partial charge in [-0.2, -0.15) is 0 Å². The van der Waals surface area contributed by atoms with Crippen molar-refractivity contribution >= 4 is 36.8 Å². The van der Waals surface area contributed by atoms with Crippen LogP contribution in [-0.4, -0.2) is 11.5 Å². The third-order valence-electron chi connectivity index (χ3n) is 2.26. The van der Waals surface area contributed by atoms with Gasteiger partial charge in [-0.1, -0.05) is 0 Å². The van der Waals surface area contributed by atoms with Gasteiger partial charge in [0.15, 0.2) is 0 Å². The Morgan fingerprint density at radius 1 is 0.867 bits per heavy atom. The van der Waals surface area contributed by atoms with E-state index in [0.717, 1.165) is 26.7 Å². The normalized spacial score (nSPS) is 15.8. The lowest BCUT2D eigenvalue weighted by atomic mass is 10.2. The van der Waals surface area contributed by atoms with Crippen LogP contribution < -0.4 is 0 Å². The topological polar surface area (TPSA) is 36.2 Å². The first-order valence-corrected chi connectivity index (χ1v) is 5.54. The van der Waals surface area contributed by atoms with E-state index in [-0.39, 0.29) is 5.84 Å². The smallest absolute Gasteiger partial charge is 0.148 e. The summed E-state index contributed by atoms with van der Waals surface area (Å²) in [7, 11) is 0. The van der Waals surface area contributed by atoms with Crippen LogP contribution in [0.3, 0.4) is 0 Å². The number of aliphatic imine (C=N–C) groups is 1. The minimum absolute atomic E-state index is 0.258. The van der Waals surface area contributed by atoms with E-state index >= 15 is 0 Å². The molecule has 84 valence electrons. The van der Waals surface area contributed by atoms with Crippen LogP contribution in [0.25, 0.3) is 0 Å². The summed E-state index contributed by atoms with van der Waals surface area (Å²) in [6, 6.07) is 0. The van der Waals surface area contributed by atoms with Crippen molar-refractivity contribution in [1.29, 1.82) is 5.41 Å². The van der Waals surface area contributed by atoms with E-state index in [0.29, 0.717) is 0 Å². The number of rotatable bonds is 2. The summed E-state index contributed by atoms with van der Waals surface area (Å²) in [6.45, 7) is 9.43. The largest absolute Gasteiger partial charge is 0.283 e. The van der Waals surface area contributed by atoms with Crippen molar-refractivity contribution in [3.63, 3.8) is 0 Å². The zero-order chi connectivity index (χ0) is 12.2. The Balaban J connectivity index is 5.04. The molecule has 0 aromatic heterocycles. The van der Waals surface area contributed by atoms with E-state index in [1.165, 1.54) is 0 Å². The van der Waals surface area contributed by atoms with Gasteiger partial charge in [0, 0.05) is 11.3 Å². The molecule has 0 aromatic rings. The molecule has 0 aliphatic heterocycles. The first kappa shape index (κ1) is 14.5. The van der Waals surface area contributed by atoms with Gasteiger partial charge in [-0.3, -0.25) is 5.41 Å². The lowest BCUT2D eigenvalue weighted by Gasteiger charge is -2.05. The molecule has 4 heteroatoms. The molecular weight excluding hydrogens is 224 g/mol. The molecule has 0 saturated carbocycles. The average Bonchev–Trinajstić information content (AvgIpc) is 2.14. The maximum Gasteiger partial charge on any atom is 0.148 e. The zero-order valence-corrected chi connectivity index (χ0v) is 11.6. The van der Waals surface area contributed by atoms with Crippen LogP contribution in [0.1, 0.15) is 34.6 Å². The van der Waals surface area contributed by atoms with Crippen molar-refractivity contribution in [2.45, 2.75) is 34.6 Å². The molecule has 0 spiro atoms. The molecule has 0 unspecified atom stereocenters. The predicted molar refractivity (Wildman–Crippen MR) is 75.6 cm³/mol. The maximum atomic E-state index is 7.75. The highest BCUT2D eigenvalue weighted by atomic mass is 32.1. The van der Waals surface area contributed by atoms with Crippen LogP contribution in [0.2, 0.25) is 0 Å². The van der Waals surface area contributed by atoms with Crippen LogP contribution in [-0.2, 0) is 0 Å². The summed E-state index contributed by atoms with van der Waals surface area (Å²) in [5, 5.41) is 7.75. The lowest BCUT2D eigenvalue weighted by molar-refractivity contribution is 1.35. The minimum atomic E-state index is 0.258. The molecule has 0 aliphatic carbocycles. The zero-order valence-electron chi connectivity index (χ0n) is 9.84. The lowest BCUT2D eigenvalue weighted by Crippen LogP contribution is -2.03. The van der Waals surface area contributed by atoms with E-state index in [2.05, 4.69) is 30.2 Å². The number of thiol groups is 2. The summed E-state index contributed by atoms with van der Waals surface area (Å²) in [5.74, 6) is 0.258. The standard InChI is InChI=1S/C11H18N2S2/c1-6(9(4)14)8(3)13-11(12)7(2)10(5)15/h12,14-15H,1-5H3/b9-6-,10-7-,12-11?,13-8-. The van der Waals surface area contributed by atoms with Gasteiger partial charge in [0.25, 0.3) is 0 Å². The van der Waals surface area contributed by atoms with Gasteiger partial charge >= 0.3 is 0 Å². The van der Waals surface area contributed by atoms with Crippen LogP contribution in [0.4, 0.5) is 0 Å². The molecule has 0 rings (SSSR count). The molecule has 0 heterocycles. The molecule has 15 heavy (non-hydrogen) atoms. The minimum Gasteiger partial charge on any atom is -0.283 e. The van der Waals surface area contributed by atoms with E-state index in [9.17, 15) is 0 Å². The second kappa shape index (κ2) is 6.18. The molecule has 0 bridgehead atoms. The average molecular weight is 242 g/mol. The van der Waals surface area contributed by atoms with Gasteiger partial charge in [0.2, 0.25) is 0 Å². The van der Waals surface area contributed by atoms with Gasteiger partial charge in [0.05, 0.1) is 0 Å². The number of nitrogens with one attached hydrogen (secondary N) is 1. The number of hydrogen-bond acceptors (Lipinski definition) is 3. The van der Waals surface area contributed by atoms with Crippen molar-refractivity contribution in [1.82, 2.24) is 0 Å². The summed E-state index contributed by atoms with van der Waals surface area (Å²) in [6.07, 6.45) is 0. The Morgan fingerprint density at radius 2 is 1.27 bits per heavy atom. The molecule has 0 aliphatic rings. The van der Waals surface area contributed by atoms with Crippen LogP contribution in [0.5, 0.6) is 0 Å². The number of allylic oxidation sites excluding steroid dienone is 3. The van der Waals surface area contributed by atoms with Gasteiger partial charge < -0.3 is 0 Å². The van der Waals surface area contributed by atoms with Gasteiger partial charge in [-0.15, -0.1) is 25.3 Å². The predicted octanol–water partition coefficient (Wildman–Crippen LogP) is 3.87. The molecular formula is C11H18N2S2. The third-order valence-corrected chi connectivity index (χ3v) is 2.93. The molecule has 0 radical (unpaired) electrons. The fraction of sp³-hybridized carbons (Fsp3) is 0.455. The SMILES string of the molecule is CC(=N/C(=N)/C(C)=C(/C)S)/C(C)=C(/C)S. The van der Waals surface area contributed by atoms with Crippen molar-refractivity contribution in [2.24, 2.45) is 4.99 Å². The summed E-state index contributed by atoms with van der Waals surface area (Å²) in [4.78, 5) is 5.95. The van der Waals surface area contributed by atoms with Crippen LogP contribution in [0, 0.1) is 5.41 Å². The molecule has 1 N–H and O–H groups in total. The quantitative estimate of drug-likeness (QED) is 0.373. The number of amidine groups is 1.